The zero-order valence-electron chi connectivity index (χ0n) is 18.9. The van der Waals surface area contributed by atoms with Crippen molar-refractivity contribution in [1.29, 1.82) is 0 Å². The summed E-state index contributed by atoms with van der Waals surface area (Å²) in [5.41, 5.74) is 2.46. The van der Waals surface area contributed by atoms with E-state index >= 15 is 0 Å². The Balaban J connectivity index is 1.38. The van der Waals surface area contributed by atoms with Crippen molar-refractivity contribution in [2.24, 2.45) is 0 Å². The number of imide groups is 1. The second-order valence-corrected chi connectivity index (χ2v) is 8.26. The molecule has 0 saturated carbocycles. The van der Waals surface area contributed by atoms with Crippen LogP contribution in [0.5, 0.6) is 0 Å². The quantitative estimate of drug-likeness (QED) is 0.311. The lowest BCUT2D eigenvalue weighted by atomic mass is 10.1. The number of nitrogens with zero attached hydrogens (tertiary/aromatic N) is 2. The van der Waals surface area contributed by atoms with Crippen LogP contribution in [-0.4, -0.2) is 33.9 Å². The summed E-state index contributed by atoms with van der Waals surface area (Å²) in [5.74, 6) is -2.32. The van der Waals surface area contributed by atoms with Crippen LogP contribution in [0.1, 0.15) is 11.1 Å². The number of hydrogen-bond donors (Lipinski definition) is 2. The molecule has 1 aliphatic rings. The molecule has 0 unspecified atom stereocenters. The van der Waals surface area contributed by atoms with Crippen LogP contribution in [0, 0.1) is 11.6 Å². The number of benzene rings is 3. The number of para-hydroxylation sites is 2. The third-order valence-corrected chi connectivity index (χ3v) is 5.80. The van der Waals surface area contributed by atoms with Crippen molar-refractivity contribution in [1.82, 2.24) is 14.8 Å². The normalized spacial score (nSPS) is 14.5. The SMILES string of the molecule is O=C(CN1C(=O)N/C(=C/c2cn(Cc3ccc(F)cc3)c3ccccc23)C1=O)Nc1ccccc1F. The highest BCUT2D eigenvalue weighted by molar-refractivity contribution is 6.16. The van der Waals surface area contributed by atoms with Gasteiger partial charge < -0.3 is 15.2 Å². The van der Waals surface area contributed by atoms with Gasteiger partial charge in [0.2, 0.25) is 5.91 Å². The first-order chi connectivity index (χ1) is 17.4. The van der Waals surface area contributed by atoms with E-state index in [-0.39, 0.29) is 17.2 Å². The first-order valence-electron chi connectivity index (χ1n) is 11.1. The molecule has 4 aromatic rings. The number of fused-ring (bicyclic) bond motifs is 1. The standard InChI is InChI=1S/C27H20F2N4O3/c28-19-11-9-17(10-12-19)14-32-15-18(20-5-1-4-8-24(20)32)13-23-26(35)33(27(36)31-23)16-25(34)30-22-7-3-2-6-21(22)29/h1-13,15H,14,16H2,(H,30,34)(H,31,36)/b23-13+. The van der Waals surface area contributed by atoms with E-state index in [1.54, 1.807) is 24.3 Å². The van der Waals surface area contributed by atoms with Crippen LogP contribution >= 0.6 is 0 Å². The first-order valence-corrected chi connectivity index (χ1v) is 11.1. The van der Waals surface area contributed by atoms with E-state index in [0.29, 0.717) is 12.1 Å². The topological polar surface area (TPSA) is 83.4 Å². The van der Waals surface area contributed by atoms with Gasteiger partial charge >= 0.3 is 6.03 Å². The molecule has 0 bridgehead atoms. The minimum atomic E-state index is -0.745. The van der Waals surface area contributed by atoms with Crippen molar-refractivity contribution in [2.75, 3.05) is 11.9 Å². The Labute approximate surface area is 204 Å². The number of urea groups is 1. The highest BCUT2D eigenvalue weighted by atomic mass is 19.1. The summed E-state index contributed by atoms with van der Waals surface area (Å²) >= 11 is 0. The van der Waals surface area contributed by atoms with Gasteiger partial charge in [0.05, 0.1) is 5.69 Å². The predicted molar refractivity (Wildman–Crippen MR) is 131 cm³/mol. The van der Waals surface area contributed by atoms with Crippen LogP contribution in [0.3, 0.4) is 0 Å². The van der Waals surface area contributed by atoms with Crippen molar-refractivity contribution >= 4 is 40.5 Å². The summed E-state index contributed by atoms with van der Waals surface area (Å²) in [6, 6.07) is 18.6. The zero-order valence-corrected chi connectivity index (χ0v) is 18.9. The number of amides is 4. The number of carbonyl (C=O) groups excluding carboxylic acids is 3. The summed E-state index contributed by atoms with van der Waals surface area (Å²) in [4.78, 5) is 38.5. The summed E-state index contributed by atoms with van der Waals surface area (Å²) in [5, 5.41) is 5.72. The number of carbonyl (C=O) groups is 3. The molecular formula is C27H20F2N4O3. The number of hydrogen-bond acceptors (Lipinski definition) is 3. The lowest BCUT2D eigenvalue weighted by Crippen LogP contribution is -2.38. The molecule has 5 rings (SSSR count). The van der Waals surface area contributed by atoms with Gasteiger partial charge in [0, 0.05) is 29.2 Å². The fourth-order valence-corrected chi connectivity index (χ4v) is 4.07. The molecule has 7 nitrogen and oxygen atoms in total. The average molecular weight is 486 g/mol. The van der Waals surface area contributed by atoms with Crippen molar-refractivity contribution in [2.45, 2.75) is 6.54 Å². The molecule has 0 aliphatic carbocycles. The zero-order chi connectivity index (χ0) is 25.2. The molecule has 1 aliphatic heterocycles. The van der Waals surface area contributed by atoms with E-state index in [4.69, 9.17) is 0 Å². The Bertz CT molecular complexity index is 1530. The van der Waals surface area contributed by atoms with Gasteiger partial charge in [-0.2, -0.15) is 0 Å². The lowest BCUT2D eigenvalue weighted by molar-refractivity contribution is -0.127. The molecule has 1 aromatic heterocycles. The van der Waals surface area contributed by atoms with Gasteiger partial charge in [0.25, 0.3) is 5.91 Å². The minimum Gasteiger partial charge on any atom is -0.342 e. The fourth-order valence-electron chi connectivity index (χ4n) is 4.07. The molecule has 9 heteroatoms. The highest BCUT2D eigenvalue weighted by Gasteiger charge is 2.35. The molecule has 1 saturated heterocycles. The number of nitrogens with one attached hydrogen (secondary N) is 2. The molecule has 0 spiro atoms. The van der Waals surface area contributed by atoms with E-state index in [1.807, 2.05) is 35.0 Å². The first kappa shape index (κ1) is 23.0. The maximum absolute atomic E-state index is 13.8. The molecule has 3 aromatic carbocycles. The number of rotatable bonds is 6. The Morgan fingerprint density at radius 2 is 1.67 bits per heavy atom. The maximum atomic E-state index is 13.8. The van der Waals surface area contributed by atoms with E-state index in [2.05, 4.69) is 10.6 Å². The van der Waals surface area contributed by atoms with Gasteiger partial charge in [-0.25, -0.2) is 18.5 Å². The average Bonchev–Trinajstić information content (AvgIpc) is 3.34. The molecule has 0 radical (unpaired) electrons. The number of anilines is 1. The Morgan fingerprint density at radius 3 is 2.44 bits per heavy atom. The van der Waals surface area contributed by atoms with Gasteiger partial charge in [-0.3, -0.25) is 9.59 Å². The maximum Gasteiger partial charge on any atom is 0.329 e. The molecule has 180 valence electrons. The number of aromatic nitrogens is 1. The largest absolute Gasteiger partial charge is 0.342 e. The van der Waals surface area contributed by atoms with E-state index in [9.17, 15) is 23.2 Å². The second-order valence-electron chi connectivity index (χ2n) is 8.26. The monoisotopic (exact) mass is 486 g/mol. The van der Waals surface area contributed by atoms with Gasteiger partial charge in [0.15, 0.2) is 0 Å². The van der Waals surface area contributed by atoms with Crippen LogP contribution in [0.2, 0.25) is 0 Å². The molecule has 36 heavy (non-hydrogen) atoms. The summed E-state index contributed by atoms with van der Waals surface area (Å²) in [6.07, 6.45) is 3.40. The second kappa shape index (κ2) is 9.46. The third kappa shape index (κ3) is 4.58. The van der Waals surface area contributed by atoms with Crippen molar-refractivity contribution in [3.8, 4) is 0 Å². The Hall–Kier alpha value is -4.79. The van der Waals surface area contributed by atoms with E-state index < -0.39 is 30.2 Å². The fraction of sp³-hybridized carbons (Fsp3) is 0.0741. The van der Waals surface area contributed by atoms with E-state index in [1.165, 1.54) is 30.3 Å². The van der Waals surface area contributed by atoms with Gasteiger partial charge in [-0.1, -0.05) is 42.5 Å². The van der Waals surface area contributed by atoms with Crippen molar-refractivity contribution in [3.05, 3.63) is 107 Å². The molecule has 2 heterocycles. The van der Waals surface area contributed by atoms with Crippen LogP contribution < -0.4 is 10.6 Å². The molecule has 1 fully saturated rings. The van der Waals surface area contributed by atoms with Gasteiger partial charge in [0.1, 0.15) is 23.9 Å². The van der Waals surface area contributed by atoms with Gasteiger partial charge in [-0.05, 0) is 42.0 Å². The van der Waals surface area contributed by atoms with Crippen LogP contribution in [0.4, 0.5) is 19.3 Å². The summed E-state index contributed by atoms with van der Waals surface area (Å²) < 4.78 is 29.1. The van der Waals surface area contributed by atoms with E-state index in [0.717, 1.165) is 21.4 Å². The number of halogens is 2. The Morgan fingerprint density at radius 1 is 0.944 bits per heavy atom. The minimum absolute atomic E-state index is 0.0170. The molecule has 4 amide bonds. The molecular weight excluding hydrogens is 466 g/mol. The Kier molecular flexibility index (Phi) is 6.03. The van der Waals surface area contributed by atoms with Crippen molar-refractivity contribution < 1.29 is 23.2 Å². The van der Waals surface area contributed by atoms with Crippen LogP contribution in [0.25, 0.3) is 17.0 Å². The smallest absolute Gasteiger partial charge is 0.329 e. The molecule has 2 N–H and O–H groups in total. The van der Waals surface area contributed by atoms with Crippen LogP contribution in [0.15, 0.2) is 84.7 Å². The molecule has 0 atom stereocenters. The predicted octanol–water partition coefficient (Wildman–Crippen LogP) is 4.50. The summed E-state index contributed by atoms with van der Waals surface area (Å²) in [7, 11) is 0. The van der Waals surface area contributed by atoms with Gasteiger partial charge in [-0.15, -0.1) is 0 Å². The van der Waals surface area contributed by atoms with Crippen LogP contribution in [-0.2, 0) is 16.1 Å². The third-order valence-electron chi connectivity index (χ3n) is 5.80. The van der Waals surface area contributed by atoms with Crippen molar-refractivity contribution in [3.63, 3.8) is 0 Å². The summed E-state index contributed by atoms with van der Waals surface area (Å²) in [6.45, 7) is -0.0880. The lowest BCUT2D eigenvalue weighted by Gasteiger charge is -2.12. The highest BCUT2D eigenvalue weighted by Crippen LogP contribution is 2.26.